The number of aliphatic carboxylic acids is 1. The van der Waals surface area contributed by atoms with Gasteiger partial charge in [0.2, 0.25) is 0 Å². The van der Waals surface area contributed by atoms with Gasteiger partial charge in [-0.1, -0.05) is 6.92 Å². The van der Waals surface area contributed by atoms with Gasteiger partial charge in [-0.2, -0.15) is 0 Å². The van der Waals surface area contributed by atoms with Gasteiger partial charge in [-0.15, -0.1) is 0 Å². The highest BCUT2D eigenvalue weighted by Gasteiger charge is 2.31. The summed E-state index contributed by atoms with van der Waals surface area (Å²) in [5, 5.41) is 8.75. The van der Waals surface area contributed by atoms with Gasteiger partial charge in [-0.05, 0) is 12.8 Å². The molecule has 0 aliphatic rings. The van der Waals surface area contributed by atoms with Crippen LogP contribution in [0.3, 0.4) is 0 Å². The van der Waals surface area contributed by atoms with Crippen LogP contribution < -0.4 is 5.73 Å². The molecule has 0 aliphatic carbocycles. The molecule has 6 heteroatoms. The van der Waals surface area contributed by atoms with Gasteiger partial charge in [0.25, 0.3) is 0 Å². The Hall–Kier alpha value is -0.620. The summed E-state index contributed by atoms with van der Waals surface area (Å²) in [5.74, 6) is -1.07. The maximum atomic E-state index is 11.0. The van der Waals surface area contributed by atoms with Gasteiger partial charge in [-0.25, -0.2) is 0 Å². The van der Waals surface area contributed by atoms with Crippen molar-refractivity contribution in [3.05, 3.63) is 0 Å². The van der Waals surface area contributed by atoms with Crippen molar-refractivity contribution in [1.29, 1.82) is 4.78 Å². The minimum absolute atomic E-state index is 0.0314. The zero-order valence-corrected chi connectivity index (χ0v) is 8.69. The van der Waals surface area contributed by atoms with Gasteiger partial charge in [0, 0.05) is 21.7 Å². The predicted octanol–water partition coefficient (Wildman–Crippen LogP) is 0.245. The molecule has 0 saturated heterocycles. The van der Waals surface area contributed by atoms with E-state index in [2.05, 4.69) is 0 Å². The maximum absolute atomic E-state index is 11.0. The lowest BCUT2D eigenvalue weighted by Gasteiger charge is -2.22. The van der Waals surface area contributed by atoms with Crippen molar-refractivity contribution >= 4 is 15.7 Å². The smallest absolute Gasteiger partial charge is 0.323 e. The van der Waals surface area contributed by atoms with E-state index in [4.69, 9.17) is 15.6 Å². The van der Waals surface area contributed by atoms with Crippen LogP contribution in [0.15, 0.2) is 0 Å². The van der Waals surface area contributed by atoms with Crippen LogP contribution in [-0.4, -0.2) is 32.8 Å². The number of carbonyl (C=O) groups is 1. The van der Waals surface area contributed by atoms with E-state index in [-0.39, 0.29) is 18.6 Å². The van der Waals surface area contributed by atoms with Crippen LogP contribution in [0.5, 0.6) is 0 Å². The zero-order chi connectivity index (χ0) is 10.7. The van der Waals surface area contributed by atoms with E-state index >= 15 is 0 Å². The average molecular weight is 208 g/mol. The Kier molecular flexibility index (Phi) is 3.87. The second-order valence-corrected chi connectivity index (χ2v) is 5.69. The molecule has 0 aromatic rings. The van der Waals surface area contributed by atoms with E-state index < -0.39 is 21.2 Å². The van der Waals surface area contributed by atoms with E-state index in [1.807, 2.05) is 0 Å². The van der Waals surface area contributed by atoms with Gasteiger partial charge in [0.05, 0.1) is 0 Å². The van der Waals surface area contributed by atoms with Crippen molar-refractivity contribution in [3.63, 3.8) is 0 Å². The quantitative estimate of drug-likeness (QED) is 0.602. The lowest BCUT2D eigenvalue weighted by Crippen LogP contribution is -2.48. The number of carboxylic acids is 1. The highest BCUT2D eigenvalue weighted by atomic mass is 32.2. The van der Waals surface area contributed by atoms with Crippen molar-refractivity contribution in [2.45, 2.75) is 25.3 Å². The van der Waals surface area contributed by atoms with E-state index in [1.165, 1.54) is 6.26 Å². The normalized spacial score (nSPS) is 20.2. The molecular formula is C7H16N2O3S. The standard InChI is InChI=1S/C7H16N2O3S/c1-3-7(8,6(10)11)4-5-13(2,9)12/h9H,3-5,8H2,1-2H3,(H,10,11). The number of hydrogen-bond acceptors (Lipinski definition) is 4. The molecular weight excluding hydrogens is 192 g/mol. The summed E-state index contributed by atoms with van der Waals surface area (Å²) in [7, 11) is -2.64. The highest BCUT2D eigenvalue weighted by Crippen LogP contribution is 2.13. The third-order valence-electron chi connectivity index (χ3n) is 1.99. The Morgan fingerprint density at radius 2 is 2.15 bits per heavy atom. The van der Waals surface area contributed by atoms with Crippen molar-refractivity contribution in [2.24, 2.45) is 5.73 Å². The third-order valence-corrected chi connectivity index (χ3v) is 2.98. The van der Waals surface area contributed by atoms with E-state index in [0.29, 0.717) is 0 Å². The summed E-state index contributed by atoms with van der Waals surface area (Å²) >= 11 is 0. The third kappa shape index (κ3) is 4.23. The molecule has 13 heavy (non-hydrogen) atoms. The van der Waals surface area contributed by atoms with Gasteiger partial charge in [-0.3, -0.25) is 13.8 Å². The van der Waals surface area contributed by atoms with Crippen molar-refractivity contribution in [1.82, 2.24) is 0 Å². The Bertz CT molecular complexity index is 286. The van der Waals surface area contributed by atoms with Crippen molar-refractivity contribution < 1.29 is 14.1 Å². The molecule has 0 saturated carbocycles. The molecule has 0 rings (SSSR count). The highest BCUT2D eigenvalue weighted by molar-refractivity contribution is 7.91. The Labute approximate surface area is 78.3 Å². The molecule has 78 valence electrons. The molecule has 0 amide bonds. The summed E-state index contributed by atoms with van der Waals surface area (Å²) in [6, 6.07) is 0. The van der Waals surface area contributed by atoms with Crippen LogP contribution >= 0.6 is 0 Å². The number of hydrogen-bond donors (Lipinski definition) is 3. The second kappa shape index (κ2) is 4.06. The first-order chi connectivity index (χ1) is 5.71. The summed E-state index contributed by atoms with van der Waals surface area (Å²) in [6.07, 6.45) is 1.64. The SMILES string of the molecule is CCC(N)(CCS(C)(=N)=O)C(=O)O. The van der Waals surface area contributed by atoms with Gasteiger partial charge in [0.15, 0.2) is 0 Å². The minimum Gasteiger partial charge on any atom is -0.480 e. The summed E-state index contributed by atoms with van der Waals surface area (Å²) in [4.78, 5) is 10.7. The summed E-state index contributed by atoms with van der Waals surface area (Å²) in [5.41, 5.74) is 4.21. The van der Waals surface area contributed by atoms with Gasteiger partial charge >= 0.3 is 5.97 Å². The topological polar surface area (TPSA) is 104 Å². The molecule has 2 unspecified atom stereocenters. The Morgan fingerprint density at radius 3 is 2.38 bits per heavy atom. The first kappa shape index (κ1) is 12.4. The molecule has 0 radical (unpaired) electrons. The fourth-order valence-corrected chi connectivity index (χ4v) is 1.57. The van der Waals surface area contributed by atoms with Gasteiger partial charge in [0.1, 0.15) is 5.54 Å². The van der Waals surface area contributed by atoms with Crippen LogP contribution in [0.4, 0.5) is 0 Å². The van der Waals surface area contributed by atoms with E-state index in [0.717, 1.165) is 0 Å². The first-order valence-electron chi connectivity index (χ1n) is 3.95. The molecule has 0 aromatic carbocycles. The van der Waals surface area contributed by atoms with Crippen LogP contribution in [0.2, 0.25) is 0 Å². The summed E-state index contributed by atoms with van der Waals surface area (Å²) < 4.78 is 18.1. The van der Waals surface area contributed by atoms with Crippen LogP contribution in [0.1, 0.15) is 19.8 Å². The van der Waals surface area contributed by atoms with E-state index in [1.54, 1.807) is 6.92 Å². The number of nitrogens with one attached hydrogen (secondary N) is 1. The fourth-order valence-electron chi connectivity index (χ4n) is 0.812. The lowest BCUT2D eigenvalue weighted by atomic mass is 9.95. The predicted molar refractivity (Wildman–Crippen MR) is 51.1 cm³/mol. The Morgan fingerprint density at radius 1 is 1.69 bits per heavy atom. The second-order valence-electron chi connectivity index (χ2n) is 3.27. The van der Waals surface area contributed by atoms with Crippen molar-refractivity contribution in [2.75, 3.05) is 12.0 Å². The molecule has 0 heterocycles. The van der Waals surface area contributed by atoms with Crippen LogP contribution in [0, 0.1) is 4.78 Å². The van der Waals surface area contributed by atoms with Gasteiger partial charge < -0.3 is 10.8 Å². The number of nitrogens with two attached hydrogens (primary N) is 1. The fraction of sp³-hybridized carbons (Fsp3) is 0.857. The van der Waals surface area contributed by atoms with Crippen LogP contribution in [-0.2, 0) is 14.5 Å². The molecule has 0 bridgehead atoms. The molecule has 2 atom stereocenters. The monoisotopic (exact) mass is 208 g/mol. The average Bonchev–Trinajstić information content (AvgIpc) is 1.98. The molecule has 5 nitrogen and oxygen atoms in total. The largest absolute Gasteiger partial charge is 0.480 e. The number of rotatable bonds is 5. The molecule has 0 spiro atoms. The molecule has 4 N–H and O–H groups in total. The number of carboxylic acid groups (broad SMARTS) is 1. The van der Waals surface area contributed by atoms with Crippen LogP contribution in [0.25, 0.3) is 0 Å². The van der Waals surface area contributed by atoms with Crippen molar-refractivity contribution in [3.8, 4) is 0 Å². The van der Waals surface area contributed by atoms with E-state index in [9.17, 15) is 9.00 Å². The summed E-state index contributed by atoms with van der Waals surface area (Å²) in [6.45, 7) is 1.66. The molecule has 0 aliphatic heterocycles. The molecule has 0 aromatic heterocycles. The maximum Gasteiger partial charge on any atom is 0.323 e. The zero-order valence-electron chi connectivity index (χ0n) is 7.87. The molecule has 0 fully saturated rings. The Balaban J connectivity index is 4.39. The minimum atomic E-state index is -2.64. The lowest BCUT2D eigenvalue weighted by molar-refractivity contribution is -0.143. The first-order valence-corrected chi connectivity index (χ1v) is 6.08.